The van der Waals surface area contributed by atoms with Gasteiger partial charge in [-0.1, -0.05) is 0 Å². The summed E-state index contributed by atoms with van der Waals surface area (Å²) in [6.07, 6.45) is 6.98. The van der Waals surface area contributed by atoms with Crippen molar-refractivity contribution in [1.82, 2.24) is 29.2 Å². The van der Waals surface area contributed by atoms with E-state index in [0.29, 0.717) is 19.0 Å². The second-order valence-corrected chi connectivity index (χ2v) is 7.52. The molecule has 0 aliphatic carbocycles. The molecule has 4 rings (SSSR count). The molecule has 0 atom stereocenters. The quantitative estimate of drug-likeness (QED) is 0.651. The first-order valence-corrected chi connectivity index (χ1v) is 9.81. The lowest BCUT2D eigenvalue weighted by Crippen LogP contribution is -2.37. The van der Waals surface area contributed by atoms with E-state index in [-0.39, 0.29) is 11.1 Å². The van der Waals surface area contributed by atoms with Crippen LogP contribution in [0, 0.1) is 5.92 Å². The van der Waals surface area contributed by atoms with Crippen LogP contribution >= 0.6 is 0 Å². The molecule has 0 N–H and O–H groups in total. The number of hydrogen-bond donors (Lipinski definition) is 0. The predicted molar refractivity (Wildman–Crippen MR) is 109 cm³/mol. The summed E-state index contributed by atoms with van der Waals surface area (Å²) in [7, 11) is 1.70. The zero-order chi connectivity index (χ0) is 20.2. The maximum absolute atomic E-state index is 12.3. The smallest absolute Gasteiger partial charge is 0.266 e. The minimum absolute atomic E-state index is 0.0376. The van der Waals surface area contributed by atoms with E-state index in [4.69, 9.17) is 0 Å². The Morgan fingerprint density at radius 1 is 1.03 bits per heavy atom. The van der Waals surface area contributed by atoms with Gasteiger partial charge < -0.3 is 4.57 Å². The highest BCUT2D eigenvalue weighted by atomic mass is 16.1. The molecule has 1 aliphatic heterocycles. The van der Waals surface area contributed by atoms with Crippen molar-refractivity contribution in [2.24, 2.45) is 13.0 Å². The van der Waals surface area contributed by atoms with Gasteiger partial charge in [0.1, 0.15) is 0 Å². The molecule has 8 heteroatoms. The van der Waals surface area contributed by atoms with E-state index in [0.717, 1.165) is 42.9 Å². The number of aryl methyl sites for hydroxylation is 1. The molecule has 0 unspecified atom stereocenters. The first kappa shape index (κ1) is 19.2. The molecule has 29 heavy (non-hydrogen) atoms. The van der Waals surface area contributed by atoms with Gasteiger partial charge in [0.15, 0.2) is 0 Å². The lowest BCUT2D eigenvalue weighted by Gasteiger charge is -2.31. The molecule has 4 heterocycles. The second-order valence-electron chi connectivity index (χ2n) is 7.52. The van der Waals surface area contributed by atoms with Gasteiger partial charge in [-0.15, -0.1) is 0 Å². The SMILES string of the molecule is Cn1cnc(CN2CCC(Cn3nc(-c4ccncc4)ccc3=O)CC2)cc1=O. The number of rotatable bonds is 5. The largest absolute Gasteiger partial charge is 0.302 e. The van der Waals surface area contributed by atoms with Gasteiger partial charge in [0.25, 0.3) is 11.1 Å². The van der Waals surface area contributed by atoms with Crippen LogP contribution in [0.4, 0.5) is 0 Å². The fraction of sp³-hybridized carbons (Fsp3) is 0.381. The summed E-state index contributed by atoms with van der Waals surface area (Å²) < 4.78 is 3.05. The molecule has 3 aromatic rings. The van der Waals surface area contributed by atoms with Gasteiger partial charge in [0.05, 0.1) is 17.7 Å². The summed E-state index contributed by atoms with van der Waals surface area (Å²) >= 11 is 0. The molecule has 1 saturated heterocycles. The van der Waals surface area contributed by atoms with Gasteiger partial charge in [-0.05, 0) is 50.0 Å². The molecule has 150 valence electrons. The monoisotopic (exact) mass is 392 g/mol. The number of piperidine rings is 1. The summed E-state index contributed by atoms with van der Waals surface area (Å²) in [5.41, 5.74) is 2.42. The van der Waals surface area contributed by atoms with Crippen molar-refractivity contribution in [3.8, 4) is 11.3 Å². The molecule has 0 saturated carbocycles. The highest BCUT2D eigenvalue weighted by Crippen LogP contribution is 2.20. The Kier molecular flexibility index (Phi) is 5.62. The number of likely N-dealkylation sites (tertiary alicyclic amines) is 1. The third-order valence-corrected chi connectivity index (χ3v) is 5.40. The lowest BCUT2D eigenvalue weighted by atomic mass is 9.96. The highest BCUT2D eigenvalue weighted by molar-refractivity contribution is 5.56. The third kappa shape index (κ3) is 4.65. The molecular weight excluding hydrogens is 368 g/mol. The standard InChI is InChI=1S/C21H24N6O2/c1-25-15-23-18(12-21(25)29)14-26-10-6-16(7-11-26)13-27-20(28)3-2-19(24-27)17-4-8-22-9-5-17/h2-5,8-9,12,15-16H,6-7,10-11,13-14H2,1H3. The topological polar surface area (TPSA) is 85.9 Å². The molecule has 1 aliphatic rings. The van der Waals surface area contributed by atoms with Crippen LogP contribution in [0.2, 0.25) is 0 Å². The van der Waals surface area contributed by atoms with Crippen LogP contribution in [0.15, 0.2) is 58.6 Å². The van der Waals surface area contributed by atoms with Gasteiger partial charge in [0, 0.05) is 50.2 Å². The van der Waals surface area contributed by atoms with E-state index in [1.165, 1.54) is 4.57 Å². The highest BCUT2D eigenvalue weighted by Gasteiger charge is 2.21. The number of nitrogens with zero attached hydrogens (tertiary/aromatic N) is 6. The van der Waals surface area contributed by atoms with E-state index in [9.17, 15) is 9.59 Å². The molecule has 0 spiro atoms. The first-order chi connectivity index (χ1) is 14.1. The van der Waals surface area contributed by atoms with Crippen molar-refractivity contribution in [3.63, 3.8) is 0 Å². The van der Waals surface area contributed by atoms with Crippen molar-refractivity contribution < 1.29 is 0 Å². The van der Waals surface area contributed by atoms with Crippen LogP contribution in [0.1, 0.15) is 18.5 Å². The van der Waals surface area contributed by atoms with Gasteiger partial charge in [-0.3, -0.25) is 19.5 Å². The summed E-state index contributed by atoms with van der Waals surface area (Å²) in [6.45, 7) is 3.13. The molecule has 0 bridgehead atoms. The van der Waals surface area contributed by atoms with E-state index in [1.807, 2.05) is 12.1 Å². The molecular formula is C21H24N6O2. The summed E-state index contributed by atoms with van der Waals surface area (Å²) in [4.78, 5) is 34.7. The van der Waals surface area contributed by atoms with Crippen LogP contribution in [0.3, 0.4) is 0 Å². The summed E-state index contributed by atoms with van der Waals surface area (Å²) in [5.74, 6) is 0.403. The molecule has 1 fully saturated rings. The Labute approximate surface area is 168 Å². The van der Waals surface area contributed by atoms with Crippen LogP contribution in [0.25, 0.3) is 11.3 Å². The molecule has 8 nitrogen and oxygen atoms in total. The zero-order valence-corrected chi connectivity index (χ0v) is 16.4. The maximum Gasteiger partial charge on any atom is 0.266 e. The van der Waals surface area contributed by atoms with Crippen molar-refractivity contribution in [2.75, 3.05) is 13.1 Å². The summed E-state index contributed by atoms with van der Waals surface area (Å²) in [6, 6.07) is 8.72. The second kappa shape index (κ2) is 8.48. The normalized spacial score (nSPS) is 15.5. The van der Waals surface area contributed by atoms with Crippen molar-refractivity contribution in [2.45, 2.75) is 25.9 Å². The molecule has 3 aromatic heterocycles. The minimum atomic E-state index is -0.0745. The molecule has 0 aromatic carbocycles. The van der Waals surface area contributed by atoms with Crippen LogP contribution in [0.5, 0.6) is 0 Å². The van der Waals surface area contributed by atoms with Crippen LogP contribution < -0.4 is 11.1 Å². The van der Waals surface area contributed by atoms with E-state index in [2.05, 4.69) is 20.0 Å². The van der Waals surface area contributed by atoms with E-state index in [1.54, 1.807) is 48.6 Å². The van der Waals surface area contributed by atoms with Crippen LogP contribution in [-0.4, -0.2) is 42.3 Å². The van der Waals surface area contributed by atoms with Gasteiger partial charge in [0.2, 0.25) is 0 Å². The molecule has 0 radical (unpaired) electrons. The fourth-order valence-corrected chi connectivity index (χ4v) is 3.64. The number of pyridine rings is 1. The van der Waals surface area contributed by atoms with E-state index < -0.39 is 0 Å². The van der Waals surface area contributed by atoms with Gasteiger partial charge in [-0.25, -0.2) is 9.67 Å². The predicted octanol–water partition coefficient (Wildman–Crippen LogP) is 1.31. The average Bonchev–Trinajstić information content (AvgIpc) is 2.74. The minimum Gasteiger partial charge on any atom is -0.302 e. The van der Waals surface area contributed by atoms with E-state index >= 15 is 0 Å². The van der Waals surface area contributed by atoms with Crippen molar-refractivity contribution in [1.29, 1.82) is 0 Å². The Bertz CT molecular complexity index is 1080. The molecule has 0 amide bonds. The Morgan fingerprint density at radius 2 is 1.79 bits per heavy atom. The Hall–Kier alpha value is -3.13. The Morgan fingerprint density at radius 3 is 2.52 bits per heavy atom. The average molecular weight is 392 g/mol. The Balaban J connectivity index is 1.38. The first-order valence-electron chi connectivity index (χ1n) is 9.81. The fourth-order valence-electron chi connectivity index (χ4n) is 3.64. The number of aromatic nitrogens is 5. The van der Waals surface area contributed by atoms with Gasteiger partial charge in [-0.2, -0.15) is 5.10 Å². The maximum atomic E-state index is 12.3. The summed E-state index contributed by atoms with van der Waals surface area (Å²) in [5, 5.41) is 4.56. The van der Waals surface area contributed by atoms with Crippen molar-refractivity contribution >= 4 is 0 Å². The third-order valence-electron chi connectivity index (χ3n) is 5.40. The van der Waals surface area contributed by atoms with Crippen LogP contribution in [-0.2, 0) is 20.1 Å². The van der Waals surface area contributed by atoms with Crippen molar-refractivity contribution in [3.05, 3.63) is 75.5 Å². The number of hydrogen-bond acceptors (Lipinski definition) is 6. The lowest BCUT2D eigenvalue weighted by molar-refractivity contribution is 0.162. The van der Waals surface area contributed by atoms with Gasteiger partial charge >= 0.3 is 0 Å². The zero-order valence-electron chi connectivity index (χ0n) is 16.4.